The fraction of sp³-hybridized carbons (Fsp3) is 0.720. The summed E-state index contributed by atoms with van der Waals surface area (Å²) in [5.74, 6) is 2.65. The Morgan fingerprint density at radius 1 is 1.03 bits per heavy atom. The summed E-state index contributed by atoms with van der Waals surface area (Å²) in [6.45, 7) is 6.20. The van der Waals surface area contributed by atoms with Crippen LogP contribution in [-0.4, -0.2) is 67.8 Å². The molecule has 2 saturated carbocycles. The van der Waals surface area contributed by atoms with E-state index in [1.807, 2.05) is 6.07 Å². The van der Waals surface area contributed by atoms with Gasteiger partial charge in [0, 0.05) is 50.6 Å². The van der Waals surface area contributed by atoms with Gasteiger partial charge in [-0.05, 0) is 55.3 Å². The van der Waals surface area contributed by atoms with Gasteiger partial charge in [-0.15, -0.1) is 0 Å². The van der Waals surface area contributed by atoms with E-state index in [0.717, 1.165) is 69.7 Å². The first-order chi connectivity index (χ1) is 15.2. The Kier molecular flexibility index (Phi) is 5.10. The number of amides is 1. The van der Waals surface area contributed by atoms with Crippen molar-refractivity contribution in [1.82, 2.24) is 15.1 Å². The lowest BCUT2D eigenvalue weighted by molar-refractivity contribution is -0.136. The summed E-state index contributed by atoms with van der Waals surface area (Å²) in [6, 6.07) is 7.11. The van der Waals surface area contributed by atoms with Crippen LogP contribution in [0.15, 0.2) is 18.2 Å². The van der Waals surface area contributed by atoms with Crippen LogP contribution in [0.25, 0.3) is 0 Å². The number of piperazine rings is 1. The molecule has 3 unspecified atom stereocenters. The van der Waals surface area contributed by atoms with E-state index in [1.165, 1.54) is 37.7 Å². The monoisotopic (exact) mass is 425 g/mol. The zero-order valence-corrected chi connectivity index (χ0v) is 18.5. The zero-order chi connectivity index (χ0) is 20.8. The lowest BCUT2D eigenvalue weighted by atomic mass is 9.76. The van der Waals surface area contributed by atoms with Crippen molar-refractivity contribution < 1.29 is 14.3 Å². The number of nitrogens with zero attached hydrogens (tertiary/aromatic N) is 2. The molecule has 6 rings (SSSR count). The lowest BCUT2D eigenvalue weighted by Gasteiger charge is -2.41. The number of hydrogen-bond acceptors (Lipinski definition) is 5. The van der Waals surface area contributed by atoms with Crippen molar-refractivity contribution in [1.29, 1.82) is 0 Å². The molecule has 2 aliphatic carbocycles. The molecule has 0 aromatic heterocycles. The van der Waals surface area contributed by atoms with Gasteiger partial charge in [-0.1, -0.05) is 25.3 Å². The first-order valence-corrected chi connectivity index (χ1v) is 12.4. The molecular formula is C25H35N3O3. The van der Waals surface area contributed by atoms with Gasteiger partial charge in [-0.3, -0.25) is 9.69 Å². The number of carbonyl (C=O) groups is 1. The predicted molar refractivity (Wildman–Crippen MR) is 118 cm³/mol. The summed E-state index contributed by atoms with van der Waals surface area (Å²) in [4.78, 5) is 18.4. The Morgan fingerprint density at radius 3 is 2.68 bits per heavy atom. The van der Waals surface area contributed by atoms with Gasteiger partial charge >= 0.3 is 0 Å². The molecular weight excluding hydrogens is 390 g/mol. The van der Waals surface area contributed by atoms with Gasteiger partial charge in [0.05, 0.1) is 0 Å². The summed E-state index contributed by atoms with van der Waals surface area (Å²) in [6.07, 6.45) is 8.99. The molecule has 5 aliphatic rings. The SMILES string of the molecule is O=C(C1CC12CCNCC2c1ccc2c(c1)OCO2)N1CCN(C2CCCCC2)CC1. The molecule has 1 amide bonds. The highest BCUT2D eigenvalue weighted by Gasteiger charge is 2.63. The van der Waals surface area contributed by atoms with Crippen LogP contribution in [0.3, 0.4) is 0 Å². The average Bonchev–Trinajstić information content (AvgIpc) is 3.32. The van der Waals surface area contributed by atoms with Crippen LogP contribution in [0.5, 0.6) is 11.5 Å². The van der Waals surface area contributed by atoms with E-state index in [-0.39, 0.29) is 11.3 Å². The second kappa shape index (κ2) is 7.96. The molecule has 6 heteroatoms. The molecule has 0 radical (unpaired) electrons. The smallest absolute Gasteiger partial charge is 0.231 e. The Labute approximate surface area is 185 Å². The number of piperidine rings is 1. The van der Waals surface area contributed by atoms with Gasteiger partial charge in [-0.2, -0.15) is 0 Å². The van der Waals surface area contributed by atoms with Crippen LogP contribution in [0.1, 0.15) is 56.4 Å². The fourth-order valence-corrected chi connectivity index (χ4v) is 6.81. The Hall–Kier alpha value is -1.79. The molecule has 3 aliphatic heterocycles. The molecule has 168 valence electrons. The normalized spacial score (nSPS) is 33.6. The second-order valence-corrected chi connectivity index (χ2v) is 10.3. The highest BCUT2D eigenvalue weighted by atomic mass is 16.7. The third-order valence-corrected chi connectivity index (χ3v) is 8.74. The van der Waals surface area contributed by atoms with Gasteiger partial charge < -0.3 is 19.7 Å². The van der Waals surface area contributed by atoms with Crippen molar-refractivity contribution in [3.8, 4) is 11.5 Å². The van der Waals surface area contributed by atoms with Gasteiger partial charge in [-0.25, -0.2) is 0 Å². The van der Waals surface area contributed by atoms with Crippen molar-refractivity contribution in [3.05, 3.63) is 23.8 Å². The first kappa shape index (κ1) is 19.9. The number of nitrogens with one attached hydrogen (secondary N) is 1. The van der Waals surface area contributed by atoms with Crippen LogP contribution in [0.4, 0.5) is 0 Å². The minimum atomic E-state index is 0.122. The van der Waals surface area contributed by atoms with Gasteiger partial charge in [0.25, 0.3) is 0 Å². The molecule has 4 fully saturated rings. The Balaban J connectivity index is 1.12. The standard InChI is InChI=1S/C25H35N3O3/c29-24(28-12-10-27(11-13-28)19-4-2-1-3-5-19)20-15-25(20)8-9-26-16-21(25)18-6-7-22-23(14-18)31-17-30-22/h6-7,14,19-21,26H,1-5,8-13,15-17H2. The summed E-state index contributed by atoms with van der Waals surface area (Å²) in [7, 11) is 0. The number of rotatable bonds is 3. The van der Waals surface area contributed by atoms with Crippen LogP contribution in [0, 0.1) is 11.3 Å². The Bertz CT molecular complexity index is 831. The highest BCUT2D eigenvalue weighted by molar-refractivity contribution is 5.83. The molecule has 6 nitrogen and oxygen atoms in total. The first-order valence-electron chi connectivity index (χ1n) is 12.4. The van der Waals surface area contributed by atoms with Crippen molar-refractivity contribution >= 4 is 5.91 Å². The molecule has 2 saturated heterocycles. The third kappa shape index (κ3) is 3.52. The van der Waals surface area contributed by atoms with Crippen LogP contribution >= 0.6 is 0 Å². The number of fused-ring (bicyclic) bond motifs is 1. The topological polar surface area (TPSA) is 54.0 Å². The summed E-state index contributed by atoms with van der Waals surface area (Å²) in [5.41, 5.74) is 1.41. The van der Waals surface area contributed by atoms with Crippen molar-refractivity contribution in [2.45, 2.75) is 56.9 Å². The second-order valence-electron chi connectivity index (χ2n) is 10.3. The molecule has 3 atom stereocenters. The largest absolute Gasteiger partial charge is 0.454 e. The highest BCUT2D eigenvalue weighted by Crippen LogP contribution is 2.65. The number of carbonyl (C=O) groups excluding carboxylic acids is 1. The van der Waals surface area contributed by atoms with E-state index in [2.05, 4.69) is 27.2 Å². The van der Waals surface area contributed by atoms with E-state index in [1.54, 1.807) is 0 Å². The molecule has 1 N–H and O–H groups in total. The third-order valence-electron chi connectivity index (χ3n) is 8.74. The van der Waals surface area contributed by atoms with E-state index < -0.39 is 0 Å². The fourth-order valence-electron chi connectivity index (χ4n) is 6.81. The van der Waals surface area contributed by atoms with Crippen molar-refractivity contribution in [2.24, 2.45) is 11.3 Å². The average molecular weight is 426 g/mol. The maximum absolute atomic E-state index is 13.5. The predicted octanol–water partition coefficient (Wildman–Crippen LogP) is 2.98. The Morgan fingerprint density at radius 2 is 1.84 bits per heavy atom. The minimum Gasteiger partial charge on any atom is -0.454 e. The number of ether oxygens (including phenoxy) is 2. The lowest BCUT2D eigenvalue weighted by Crippen LogP contribution is -2.53. The molecule has 1 spiro atoms. The van der Waals surface area contributed by atoms with E-state index >= 15 is 0 Å². The molecule has 31 heavy (non-hydrogen) atoms. The van der Waals surface area contributed by atoms with E-state index in [4.69, 9.17) is 9.47 Å². The van der Waals surface area contributed by atoms with E-state index in [9.17, 15) is 4.79 Å². The number of benzene rings is 1. The van der Waals surface area contributed by atoms with Crippen molar-refractivity contribution in [3.63, 3.8) is 0 Å². The maximum Gasteiger partial charge on any atom is 0.231 e. The maximum atomic E-state index is 13.5. The van der Waals surface area contributed by atoms with Crippen LogP contribution in [-0.2, 0) is 4.79 Å². The van der Waals surface area contributed by atoms with E-state index in [0.29, 0.717) is 18.6 Å². The van der Waals surface area contributed by atoms with Gasteiger partial charge in [0.15, 0.2) is 11.5 Å². The molecule has 1 aromatic rings. The zero-order valence-electron chi connectivity index (χ0n) is 18.5. The van der Waals surface area contributed by atoms with Gasteiger partial charge in [0.2, 0.25) is 12.7 Å². The molecule has 1 aromatic carbocycles. The summed E-state index contributed by atoms with van der Waals surface area (Å²) in [5, 5.41) is 3.57. The quantitative estimate of drug-likeness (QED) is 0.807. The summed E-state index contributed by atoms with van der Waals surface area (Å²) < 4.78 is 11.1. The molecule has 0 bridgehead atoms. The molecule has 3 heterocycles. The minimum absolute atomic E-state index is 0.122. The van der Waals surface area contributed by atoms with Crippen LogP contribution in [0.2, 0.25) is 0 Å². The number of hydrogen-bond donors (Lipinski definition) is 1. The van der Waals surface area contributed by atoms with Crippen LogP contribution < -0.4 is 14.8 Å². The van der Waals surface area contributed by atoms with Crippen molar-refractivity contribution in [2.75, 3.05) is 46.1 Å². The summed E-state index contributed by atoms with van der Waals surface area (Å²) >= 11 is 0. The van der Waals surface area contributed by atoms with Gasteiger partial charge in [0.1, 0.15) is 0 Å².